The average Bonchev–Trinajstić information content (AvgIpc) is 2.90. The van der Waals surface area contributed by atoms with E-state index in [1.165, 1.54) is 17.1 Å². The number of nitro benzene ring substituents is 1. The van der Waals surface area contributed by atoms with Crippen LogP contribution in [0.2, 0.25) is 0 Å². The topological polar surface area (TPSA) is 85.0 Å². The largest absolute Gasteiger partial charge is 0.497 e. The fourth-order valence-corrected chi connectivity index (χ4v) is 2.44. The van der Waals surface area contributed by atoms with E-state index in [4.69, 9.17) is 4.74 Å². The van der Waals surface area contributed by atoms with Gasteiger partial charge in [-0.05, 0) is 55.0 Å². The van der Waals surface area contributed by atoms with Gasteiger partial charge in [-0.2, -0.15) is 10.1 Å². The summed E-state index contributed by atoms with van der Waals surface area (Å²) in [6.07, 6.45) is 1.68. The summed E-state index contributed by atoms with van der Waals surface area (Å²) in [5.41, 5.74) is 2.37. The van der Waals surface area contributed by atoms with Crippen LogP contribution >= 0.6 is 0 Å². The predicted octanol–water partition coefficient (Wildman–Crippen LogP) is 3.41. The third-order valence-electron chi connectivity index (χ3n) is 3.79. The standard InChI is InChI=1S/C18H15N3O4/c1-12-17(11-13-3-5-15(6-4-13)21(23)24)18(22)20(19-12)14-7-9-16(25-2)10-8-14/h3-11H,1-2H3. The number of nitro groups is 1. The van der Waals surface area contributed by atoms with Gasteiger partial charge in [-0.3, -0.25) is 14.9 Å². The van der Waals surface area contributed by atoms with Crippen molar-refractivity contribution in [3.05, 3.63) is 69.8 Å². The molecule has 2 aromatic rings. The Bertz CT molecular complexity index is 884. The van der Waals surface area contributed by atoms with Gasteiger partial charge in [0.2, 0.25) is 0 Å². The number of benzene rings is 2. The SMILES string of the molecule is COc1ccc(N2N=C(C)C(=Cc3ccc([N+](=O)[O-])cc3)C2=O)cc1. The van der Waals surface area contributed by atoms with E-state index >= 15 is 0 Å². The van der Waals surface area contributed by atoms with Crippen LogP contribution in [-0.2, 0) is 4.79 Å². The van der Waals surface area contributed by atoms with Crippen LogP contribution in [0.15, 0.2) is 59.2 Å². The van der Waals surface area contributed by atoms with Crippen LogP contribution in [0.5, 0.6) is 5.75 Å². The summed E-state index contributed by atoms with van der Waals surface area (Å²) < 4.78 is 5.11. The molecule has 3 rings (SSSR count). The summed E-state index contributed by atoms with van der Waals surface area (Å²) in [7, 11) is 1.57. The summed E-state index contributed by atoms with van der Waals surface area (Å²) in [5, 5.41) is 16.3. The van der Waals surface area contributed by atoms with E-state index in [2.05, 4.69) is 5.10 Å². The number of carbonyl (C=O) groups excluding carboxylic acids is 1. The zero-order valence-electron chi connectivity index (χ0n) is 13.7. The molecule has 126 valence electrons. The van der Waals surface area contributed by atoms with Crippen molar-refractivity contribution in [2.45, 2.75) is 6.92 Å². The van der Waals surface area contributed by atoms with Gasteiger partial charge in [-0.15, -0.1) is 0 Å². The Balaban J connectivity index is 1.87. The minimum atomic E-state index is -0.463. The number of carbonyl (C=O) groups is 1. The second-order valence-electron chi connectivity index (χ2n) is 5.41. The Morgan fingerprint density at radius 2 is 1.76 bits per heavy atom. The number of rotatable bonds is 4. The van der Waals surface area contributed by atoms with Crippen LogP contribution in [0.4, 0.5) is 11.4 Å². The minimum absolute atomic E-state index is 0.00477. The Morgan fingerprint density at radius 3 is 2.32 bits per heavy atom. The molecule has 7 heteroatoms. The van der Waals surface area contributed by atoms with Gasteiger partial charge < -0.3 is 4.74 Å². The lowest BCUT2D eigenvalue weighted by Crippen LogP contribution is -2.21. The van der Waals surface area contributed by atoms with Gasteiger partial charge in [0.05, 0.1) is 29.0 Å². The smallest absolute Gasteiger partial charge is 0.280 e. The summed E-state index contributed by atoms with van der Waals surface area (Å²) >= 11 is 0. The molecule has 2 aromatic carbocycles. The Kier molecular flexibility index (Phi) is 4.30. The highest BCUT2D eigenvalue weighted by molar-refractivity contribution is 6.32. The maximum atomic E-state index is 12.7. The van der Waals surface area contributed by atoms with Crippen molar-refractivity contribution in [3.8, 4) is 5.75 Å². The molecule has 1 aliphatic heterocycles. The minimum Gasteiger partial charge on any atom is -0.497 e. The summed E-state index contributed by atoms with van der Waals surface area (Å²) in [5.74, 6) is 0.443. The molecule has 1 heterocycles. The maximum absolute atomic E-state index is 12.7. The molecule has 1 aliphatic rings. The van der Waals surface area contributed by atoms with Crippen LogP contribution in [0.3, 0.4) is 0 Å². The van der Waals surface area contributed by atoms with Crippen molar-refractivity contribution in [2.24, 2.45) is 5.10 Å². The number of amides is 1. The highest BCUT2D eigenvalue weighted by atomic mass is 16.6. The summed E-state index contributed by atoms with van der Waals surface area (Å²) in [6.45, 7) is 1.75. The third kappa shape index (κ3) is 3.25. The zero-order chi connectivity index (χ0) is 18.0. The summed E-state index contributed by atoms with van der Waals surface area (Å²) in [4.78, 5) is 22.9. The highest BCUT2D eigenvalue weighted by Crippen LogP contribution is 2.27. The first kappa shape index (κ1) is 16.4. The van der Waals surface area contributed by atoms with E-state index < -0.39 is 4.92 Å². The molecule has 0 aromatic heterocycles. The number of anilines is 1. The van der Waals surface area contributed by atoms with Crippen LogP contribution < -0.4 is 9.75 Å². The number of ether oxygens (including phenoxy) is 1. The average molecular weight is 337 g/mol. The molecule has 0 bridgehead atoms. The second kappa shape index (κ2) is 6.56. The molecule has 0 atom stereocenters. The van der Waals surface area contributed by atoms with Crippen molar-refractivity contribution < 1.29 is 14.5 Å². The fourth-order valence-electron chi connectivity index (χ4n) is 2.44. The van der Waals surface area contributed by atoms with Crippen molar-refractivity contribution >= 4 is 29.1 Å². The van der Waals surface area contributed by atoms with Gasteiger partial charge in [0, 0.05) is 12.1 Å². The predicted molar refractivity (Wildman–Crippen MR) is 94.7 cm³/mol. The van der Waals surface area contributed by atoms with Crippen molar-refractivity contribution in [1.82, 2.24) is 0 Å². The van der Waals surface area contributed by atoms with Crippen molar-refractivity contribution in [2.75, 3.05) is 12.1 Å². The number of hydrogen-bond acceptors (Lipinski definition) is 5. The summed E-state index contributed by atoms with van der Waals surface area (Å²) in [6, 6.07) is 13.0. The number of nitrogens with zero attached hydrogens (tertiary/aromatic N) is 3. The number of non-ortho nitro benzene ring substituents is 1. The first-order valence-electron chi connectivity index (χ1n) is 7.50. The second-order valence-corrected chi connectivity index (χ2v) is 5.41. The number of hydrazone groups is 1. The van der Waals surface area contributed by atoms with Gasteiger partial charge in [-0.1, -0.05) is 0 Å². The zero-order valence-corrected chi connectivity index (χ0v) is 13.7. The van der Waals surface area contributed by atoms with E-state index in [0.717, 1.165) is 0 Å². The number of hydrogen-bond donors (Lipinski definition) is 0. The van der Waals surface area contributed by atoms with E-state index in [-0.39, 0.29) is 11.6 Å². The monoisotopic (exact) mass is 337 g/mol. The lowest BCUT2D eigenvalue weighted by Gasteiger charge is -2.12. The first-order valence-corrected chi connectivity index (χ1v) is 7.50. The van der Waals surface area contributed by atoms with Gasteiger partial charge >= 0.3 is 0 Å². The Hall–Kier alpha value is -3.48. The molecule has 0 N–H and O–H groups in total. The molecule has 0 radical (unpaired) electrons. The highest BCUT2D eigenvalue weighted by Gasteiger charge is 2.28. The molecule has 7 nitrogen and oxygen atoms in total. The van der Waals surface area contributed by atoms with Crippen LogP contribution in [0.25, 0.3) is 6.08 Å². The molecule has 0 saturated heterocycles. The van der Waals surface area contributed by atoms with Crippen LogP contribution in [0.1, 0.15) is 12.5 Å². The molecule has 0 unspecified atom stereocenters. The van der Waals surface area contributed by atoms with Gasteiger partial charge in [0.25, 0.3) is 11.6 Å². The molecule has 0 saturated carbocycles. The lowest BCUT2D eigenvalue weighted by atomic mass is 10.1. The molecule has 25 heavy (non-hydrogen) atoms. The lowest BCUT2D eigenvalue weighted by molar-refractivity contribution is -0.384. The maximum Gasteiger partial charge on any atom is 0.280 e. The van der Waals surface area contributed by atoms with Crippen molar-refractivity contribution in [3.63, 3.8) is 0 Å². The first-order chi connectivity index (χ1) is 12.0. The molecule has 0 aliphatic carbocycles. The van der Waals surface area contributed by atoms with Crippen LogP contribution in [-0.4, -0.2) is 23.7 Å². The molecule has 1 amide bonds. The van der Waals surface area contributed by atoms with E-state index in [0.29, 0.717) is 28.3 Å². The molecule has 0 spiro atoms. The fraction of sp³-hybridized carbons (Fsp3) is 0.111. The van der Waals surface area contributed by atoms with E-state index in [1.807, 2.05) is 0 Å². The third-order valence-corrected chi connectivity index (χ3v) is 3.79. The Morgan fingerprint density at radius 1 is 1.12 bits per heavy atom. The Labute approximate surface area is 144 Å². The van der Waals surface area contributed by atoms with Crippen LogP contribution in [0, 0.1) is 10.1 Å². The van der Waals surface area contributed by atoms with Gasteiger partial charge in [0.1, 0.15) is 5.75 Å². The quantitative estimate of drug-likeness (QED) is 0.486. The molecular weight excluding hydrogens is 322 g/mol. The van der Waals surface area contributed by atoms with Gasteiger partial charge in [-0.25, -0.2) is 0 Å². The van der Waals surface area contributed by atoms with E-state index in [9.17, 15) is 14.9 Å². The molecular formula is C18H15N3O4. The molecule has 0 fully saturated rings. The normalized spacial score (nSPS) is 15.4. The van der Waals surface area contributed by atoms with Crippen molar-refractivity contribution in [1.29, 1.82) is 0 Å². The van der Waals surface area contributed by atoms with Gasteiger partial charge in [0.15, 0.2) is 0 Å². The van der Waals surface area contributed by atoms with E-state index in [1.54, 1.807) is 56.5 Å². The number of methoxy groups -OCH3 is 1.